The van der Waals surface area contributed by atoms with Crippen LogP contribution in [0.3, 0.4) is 0 Å². The maximum atomic E-state index is 13.8. The molecule has 0 spiro atoms. The summed E-state index contributed by atoms with van der Waals surface area (Å²) in [5.41, 5.74) is 0.640. The Kier molecular flexibility index (Phi) is 4.53. The van der Waals surface area contributed by atoms with Gasteiger partial charge in [-0.05, 0) is 44.0 Å². The van der Waals surface area contributed by atoms with Crippen molar-refractivity contribution < 1.29 is 14.3 Å². The summed E-state index contributed by atoms with van der Waals surface area (Å²) >= 11 is 0. The number of piperidine rings is 1. The van der Waals surface area contributed by atoms with Crippen molar-refractivity contribution in [3.63, 3.8) is 0 Å². The molecule has 0 bridgehead atoms. The Hall–Kier alpha value is -1.42. The predicted molar refractivity (Wildman–Crippen MR) is 71.7 cm³/mol. The first-order chi connectivity index (χ1) is 9.11. The first kappa shape index (κ1) is 14.0. The second-order valence-corrected chi connectivity index (χ2v) is 5.14. The zero-order chi connectivity index (χ0) is 13.8. The summed E-state index contributed by atoms with van der Waals surface area (Å²) in [6.07, 6.45) is 4.57. The third-order valence-corrected chi connectivity index (χ3v) is 3.89. The van der Waals surface area contributed by atoms with Gasteiger partial charge >= 0.3 is 5.97 Å². The van der Waals surface area contributed by atoms with Gasteiger partial charge in [0.1, 0.15) is 5.82 Å². The molecule has 0 radical (unpaired) electrons. The number of aromatic carboxylic acids is 1. The Balaban J connectivity index is 2.17. The molecule has 1 aliphatic rings. The van der Waals surface area contributed by atoms with Gasteiger partial charge in [-0.3, -0.25) is 4.90 Å². The second-order valence-electron chi connectivity index (χ2n) is 5.14. The molecule has 0 saturated carbocycles. The molecule has 1 fully saturated rings. The van der Waals surface area contributed by atoms with Gasteiger partial charge in [-0.25, -0.2) is 9.18 Å². The lowest BCUT2D eigenvalue weighted by Crippen LogP contribution is -2.38. The second kappa shape index (κ2) is 6.15. The molecule has 1 unspecified atom stereocenters. The van der Waals surface area contributed by atoms with E-state index in [0.29, 0.717) is 18.2 Å². The normalized spacial score (nSPS) is 20.4. The van der Waals surface area contributed by atoms with Crippen molar-refractivity contribution in [2.75, 3.05) is 6.54 Å². The smallest absolute Gasteiger partial charge is 0.335 e. The van der Waals surface area contributed by atoms with Crippen LogP contribution in [0.2, 0.25) is 0 Å². The molecule has 1 heterocycles. The first-order valence-electron chi connectivity index (χ1n) is 6.87. The van der Waals surface area contributed by atoms with E-state index in [1.54, 1.807) is 0 Å². The Bertz CT molecular complexity index is 461. The number of hydrogen-bond acceptors (Lipinski definition) is 2. The van der Waals surface area contributed by atoms with Gasteiger partial charge in [0.15, 0.2) is 0 Å². The van der Waals surface area contributed by atoms with Gasteiger partial charge in [-0.15, -0.1) is 0 Å². The first-order valence-corrected chi connectivity index (χ1v) is 6.87. The number of nitrogens with zero attached hydrogens (tertiary/aromatic N) is 1. The average molecular weight is 265 g/mol. The van der Waals surface area contributed by atoms with E-state index < -0.39 is 5.97 Å². The molecule has 1 aromatic rings. The summed E-state index contributed by atoms with van der Waals surface area (Å²) in [7, 11) is 0. The number of hydrogen-bond donors (Lipinski definition) is 1. The minimum atomic E-state index is -1.01. The lowest BCUT2D eigenvalue weighted by atomic mass is 9.99. The Morgan fingerprint density at radius 1 is 1.47 bits per heavy atom. The van der Waals surface area contributed by atoms with Crippen molar-refractivity contribution in [1.29, 1.82) is 0 Å². The summed E-state index contributed by atoms with van der Waals surface area (Å²) in [6.45, 7) is 3.62. The molecule has 1 aliphatic heterocycles. The van der Waals surface area contributed by atoms with Gasteiger partial charge in [0.2, 0.25) is 0 Å². The van der Waals surface area contributed by atoms with E-state index in [0.717, 1.165) is 25.8 Å². The standard InChI is InChI=1S/C15H20FNO2/c1-2-13-5-3-4-8-17(13)10-12-9-11(15(18)19)6-7-14(12)16/h6-7,9,13H,2-5,8,10H2,1H3,(H,18,19). The molecule has 4 heteroatoms. The van der Waals surface area contributed by atoms with Crippen LogP contribution in [0.4, 0.5) is 4.39 Å². The molecule has 3 nitrogen and oxygen atoms in total. The highest BCUT2D eigenvalue weighted by Crippen LogP contribution is 2.23. The Morgan fingerprint density at radius 2 is 2.26 bits per heavy atom. The SMILES string of the molecule is CCC1CCCCN1Cc1cc(C(=O)O)ccc1F. The molecule has 104 valence electrons. The van der Waals surface area contributed by atoms with Gasteiger partial charge in [-0.2, -0.15) is 0 Å². The van der Waals surface area contributed by atoms with E-state index in [2.05, 4.69) is 11.8 Å². The van der Waals surface area contributed by atoms with E-state index >= 15 is 0 Å². The third kappa shape index (κ3) is 3.32. The molecular formula is C15H20FNO2. The molecule has 0 amide bonds. The number of halogens is 1. The van der Waals surface area contributed by atoms with E-state index in [4.69, 9.17) is 5.11 Å². The van der Waals surface area contributed by atoms with Crippen molar-refractivity contribution in [1.82, 2.24) is 4.90 Å². The van der Waals surface area contributed by atoms with Crippen LogP contribution >= 0.6 is 0 Å². The van der Waals surface area contributed by atoms with Crippen LogP contribution in [0.1, 0.15) is 48.5 Å². The van der Waals surface area contributed by atoms with E-state index in [1.165, 1.54) is 24.6 Å². The van der Waals surface area contributed by atoms with E-state index in [-0.39, 0.29) is 11.4 Å². The summed E-state index contributed by atoms with van der Waals surface area (Å²) in [5, 5.41) is 8.97. The number of carboxylic acid groups (broad SMARTS) is 1. The molecule has 1 N–H and O–H groups in total. The van der Waals surface area contributed by atoms with Crippen LogP contribution < -0.4 is 0 Å². The number of likely N-dealkylation sites (tertiary alicyclic amines) is 1. The Labute approximate surface area is 113 Å². The van der Waals surface area contributed by atoms with Crippen molar-refractivity contribution in [3.05, 3.63) is 35.1 Å². The average Bonchev–Trinajstić information content (AvgIpc) is 2.41. The van der Waals surface area contributed by atoms with Gasteiger partial charge in [0, 0.05) is 18.2 Å². The van der Waals surface area contributed by atoms with Crippen molar-refractivity contribution in [2.24, 2.45) is 0 Å². The van der Waals surface area contributed by atoms with Gasteiger partial charge in [-0.1, -0.05) is 13.3 Å². The van der Waals surface area contributed by atoms with Crippen LogP contribution in [0, 0.1) is 5.82 Å². The molecule has 1 saturated heterocycles. The number of carboxylic acids is 1. The monoisotopic (exact) mass is 265 g/mol. The highest BCUT2D eigenvalue weighted by atomic mass is 19.1. The van der Waals surface area contributed by atoms with Crippen LogP contribution in [0.25, 0.3) is 0 Å². The fraction of sp³-hybridized carbons (Fsp3) is 0.533. The summed E-state index contributed by atoms with van der Waals surface area (Å²) in [6, 6.07) is 4.51. The highest BCUT2D eigenvalue weighted by Gasteiger charge is 2.22. The fourth-order valence-electron chi connectivity index (χ4n) is 2.78. The predicted octanol–water partition coefficient (Wildman–Crippen LogP) is 3.29. The molecule has 1 atom stereocenters. The van der Waals surface area contributed by atoms with Crippen LogP contribution in [-0.2, 0) is 6.54 Å². The maximum absolute atomic E-state index is 13.8. The number of benzene rings is 1. The van der Waals surface area contributed by atoms with Crippen molar-refractivity contribution >= 4 is 5.97 Å². The largest absolute Gasteiger partial charge is 0.478 e. The lowest BCUT2D eigenvalue weighted by molar-refractivity contribution is 0.0696. The molecule has 1 aromatic carbocycles. The molecule has 0 aliphatic carbocycles. The van der Waals surface area contributed by atoms with Crippen LogP contribution in [-0.4, -0.2) is 28.6 Å². The topological polar surface area (TPSA) is 40.5 Å². The quantitative estimate of drug-likeness (QED) is 0.908. The minimum absolute atomic E-state index is 0.154. The van der Waals surface area contributed by atoms with E-state index in [9.17, 15) is 9.18 Å². The van der Waals surface area contributed by atoms with Crippen molar-refractivity contribution in [3.8, 4) is 0 Å². The molecule has 2 rings (SSSR count). The highest BCUT2D eigenvalue weighted by molar-refractivity contribution is 5.87. The van der Waals surface area contributed by atoms with E-state index in [1.807, 2.05) is 0 Å². The maximum Gasteiger partial charge on any atom is 0.335 e. The van der Waals surface area contributed by atoms with Crippen molar-refractivity contribution in [2.45, 2.75) is 45.2 Å². The minimum Gasteiger partial charge on any atom is -0.478 e. The number of carbonyl (C=O) groups is 1. The zero-order valence-corrected chi connectivity index (χ0v) is 11.2. The van der Waals surface area contributed by atoms with Gasteiger partial charge < -0.3 is 5.11 Å². The van der Waals surface area contributed by atoms with Gasteiger partial charge in [0.05, 0.1) is 5.56 Å². The Morgan fingerprint density at radius 3 is 2.95 bits per heavy atom. The third-order valence-electron chi connectivity index (χ3n) is 3.89. The summed E-state index contributed by atoms with van der Waals surface area (Å²) in [5.74, 6) is -1.32. The molecule has 0 aromatic heterocycles. The number of rotatable bonds is 4. The molecule has 19 heavy (non-hydrogen) atoms. The fourth-order valence-corrected chi connectivity index (χ4v) is 2.78. The molecular weight excluding hydrogens is 245 g/mol. The van der Waals surface area contributed by atoms with Crippen LogP contribution in [0.5, 0.6) is 0 Å². The summed E-state index contributed by atoms with van der Waals surface area (Å²) < 4.78 is 13.8. The van der Waals surface area contributed by atoms with Gasteiger partial charge in [0.25, 0.3) is 0 Å². The van der Waals surface area contributed by atoms with Crippen LogP contribution in [0.15, 0.2) is 18.2 Å². The lowest BCUT2D eigenvalue weighted by Gasteiger charge is -2.35. The zero-order valence-electron chi connectivity index (χ0n) is 11.2. The summed E-state index contributed by atoms with van der Waals surface area (Å²) in [4.78, 5) is 13.2.